The van der Waals surface area contributed by atoms with Crippen LogP contribution in [-0.4, -0.2) is 29.8 Å². The second-order valence-corrected chi connectivity index (χ2v) is 3.73. The van der Waals surface area contributed by atoms with Crippen molar-refractivity contribution in [3.05, 3.63) is 11.9 Å². The van der Waals surface area contributed by atoms with Crippen LogP contribution in [0.4, 0.5) is 5.95 Å². The van der Waals surface area contributed by atoms with E-state index in [-0.39, 0.29) is 0 Å². The van der Waals surface area contributed by atoms with E-state index in [1.807, 2.05) is 14.0 Å². The largest absolute Gasteiger partial charge is 0.379 e. The van der Waals surface area contributed by atoms with E-state index >= 15 is 0 Å². The van der Waals surface area contributed by atoms with Gasteiger partial charge >= 0.3 is 0 Å². The van der Waals surface area contributed by atoms with E-state index in [1.54, 1.807) is 0 Å². The number of anilines is 1. The number of ether oxygens (including phenoxy) is 1. The van der Waals surface area contributed by atoms with Crippen molar-refractivity contribution in [2.75, 3.05) is 25.6 Å². The molecule has 0 radical (unpaired) electrons. The summed E-state index contributed by atoms with van der Waals surface area (Å²) < 4.78 is 7.66. The van der Waals surface area contributed by atoms with Crippen molar-refractivity contribution in [2.45, 2.75) is 25.8 Å². The van der Waals surface area contributed by atoms with Crippen LogP contribution < -0.4 is 5.32 Å². The van der Waals surface area contributed by atoms with E-state index in [0.717, 1.165) is 31.3 Å². The molecule has 1 aliphatic heterocycles. The summed E-state index contributed by atoms with van der Waals surface area (Å²) in [7, 11) is 1.90. The number of aromatic nitrogens is 2. The van der Waals surface area contributed by atoms with Gasteiger partial charge in [-0.05, 0) is 19.8 Å². The molecule has 0 aliphatic carbocycles. The molecule has 0 amide bonds. The number of nitrogens with one attached hydrogen (secondary N) is 1. The van der Waals surface area contributed by atoms with Crippen molar-refractivity contribution in [3.63, 3.8) is 0 Å². The lowest BCUT2D eigenvalue weighted by Crippen LogP contribution is -2.21. The summed E-state index contributed by atoms with van der Waals surface area (Å²) in [6.45, 7) is 3.73. The maximum Gasteiger partial charge on any atom is 0.203 e. The smallest absolute Gasteiger partial charge is 0.203 e. The van der Waals surface area contributed by atoms with Crippen LogP contribution >= 0.6 is 0 Å². The van der Waals surface area contributed by atoms with Crippen LogP contribution in [0.25, 0.3) is 0 Å². The van der Waals surface area contributed by atoms with Crippen molar-refractivity contribution in [1.29, 1.82) is 0 Å². The Kier molecular flexibility index (Phi) is 2.72. The highest BCUT2D eigenvalue weighted by Gasteiger charge is 2.18. The van der Waals surface area contributed by atoms with Crippen molar-refractivity contribution >= 4 is 5.95 Å². The summed E-state index contributed by atoms with van der Waals surface area (Å²) in [6, 6.07) is 0.451. The Morgan fingerprint density at radius 2 is 2.50 bits per heavy atom. The minimum Gasteiger partial charge on any atom is -0.379 e. The van der Waals surface area contributed by atoms with Gasteiger partial charge in [0.05, 0.1) is 18.3 Å². The number of hydrogen-bond donors (Lipinski definition) is 1. The number of aryl methyl sites for hydroxylation is 1. The Morgan fingerprint density at radius 3 is 3.14 bits per heavy atom. The molecule has 1 atom stereocenters. The van der Waals surface area contributed by atoms with Crippen LogP contribution in [0, 0.1) is 6.92 Å². The lowest BCUT2D eigenvalue weighted by Gasteiger charge is -2.24. The average Bonchev–Trinajstić information content (AvgIpc) is 2.61. The van der Waals surface area contributed by atoms with Crippen molar-refractivity contribution < 1.29 is 4.74 Å². The molecule has 2 rings (SSSR count). The molecule has 14 heavy (non-hydrogen) atoms. The van der Waals surface area contributed by atoms with Gasteiger partial charge in [-0.3, -0.25) is 0 Å². The van der Waals surface area contributed by atoms with Gasteiger partial charge in [0.1, 0.15) is 0 Å². The van der Waals surface area contributed by atoms with Crippen LogP contribution in [0.1, 0.15) is 24.6 Å². The van der Waals surface area contributed by atoms with Crippen molar-refractivity contribution in [1.82, 2.24) is 9.55 Å². The number of nitrogens with zero attached hydrogens (tertiary/aromatic N) is 2. The molecular weight excluding hydrogens is 178 g/mol. The molecule has 1 unspecified atom stereocenters. The van der Waals surface area contributed by atoms with Gasteiger partial charge in [-0.25, -0.2) is 4.98 Å². The lowest BCUT2D eigenvalue weighted by molar-refractivity contribution is 0.0598. The van der Waals surface area contributed by atoms with E-state index < -0.39 is 0 Å². The predicted octanol–water partition coefficient (Wildman–Crippen LogP) is 1.58. The molecule has 0 spiro atoms. The second-order valence-electron chi connectivity index (χ2n) is 3.73. The molecule has 0 saturated carbocycles. The summed E-state index contributed by atoms with van der Waals surface area (Å²) in [5, 5.41) is 3.11. The highest BCUT2D eigenvalue weighted by Crippen LogP contribution is 2.23. The quantitative estimate of drug-likeness (QED) is 0.778. The van der Waals surface area contributed by atoms with Gasteiger partial charge in [0.25, 0.3) is 0 Å². The predicted molar refractivity (Wildman–Crippen MR) is 55.6 cm³/mol. The molecule has 0 bridgehead atoms. The molecule has 2 heterocycles. The van der Waals surface area contributed by atoms with Gasteiger partial charge in [0.2, 0.25) is 5.95 Å². The van der Waals surface area contributed by atoms with Crippen LogP contribution in [-0.2, 0) is 4.74 Å². The Balaban J connectivity index is 2.20. The standard InChI is InChI=1S/C10H17N3O/c1-8-6-13(10(11-2)12-8)9-4-3-5-14-7-9/h6,9H,3-5,7H2,1-2H3,(H,11,12). The number of hydrogen-bond acceptors (Lipinski definition) is 3. The van der Waals surface area contributed by atoms with Gasteiger partial charge in [-0.2, -0.15) is 0 Å². The zero-order chi connectivity index (χ0) is 9.97. The van der Waals surface area contributed by atoms with Gasteiger partial charge in [-0.15, -0.1) is 0 Å². The fourth-order valence-corrected chi connectivity index (χ4v) is 1.92. The Bertz CT molecular complexity index is 302. The van der Waals surface area contributed by atoms with E-state index in [2.05, 4.69) is 21.1 Å². The maximum absolute atomic E-state index is 5.47. The molecular formula is C10H17N3O. The molecule has 1 N–H and O–H groups in total. The summed E-state index contributed by atoms with van der Waals surface area (Å²) in [6.07, 6.45) is 4.42. The first-order chi connectivity index (χ1) is 6.81. The van der Waals surface area contributed by atoms with Crippen LogP contribution in [0.15, 0.2) is 6.20 Å². The third kappa shape index (κ3) is 1.75. The summed E-state index contributed by atoms with van der Waals surface area (Å²) >= 11 is 0. The molecule has 1 saturated heterocycles. The van der Waals surface area contributed by atoms with Gasteiger partial charge in [-0.1, -0.05) is 0 Å². The zero-order valence-electron chi connectivity index (χ0n) is 8.79. The molecule has 1 fully saturated rings. The highest BCUT2D eigenvalue weighted by molar-refractivity contribution is 5.28. The third-order valence-electron chi connectivity index (χ3n) is 2.61. The molecule has 1 aromatic rings. The lowest BCUT2D eigenvalue weighted by atomic mass is 10.1. The summed E-state index contributed by atoms with van der Waals surface area (Å²) in [5.74, 6) is 0.943. The Morgan fingerprint density at radius 1 is 1.64 bits per heavy atom. The van der Waals surface area contributed by atoms with Gasteiger partial charge in [0, 0.05) is 19.9 Å². The first-order valence-electron chi connectivity index (χ1n) is 5.12. The topological polar surface area (TPSA) is 39.1 Å². The molecule has 0 aromatic carbocycles. The van der Waals surface area contributed by atoms with Crippen LogP contribution in [0.5, 0.6) is 0 Å². The normalized spacial score (nSPS) is 22.3. The summed E-state index contributed by atoms with van der Waals surface area (Å²) in [4.78, 5) is 4.40. The minimum atomic E-state index is 0.451. The summed E-state index contributed by atoms with van der Waals surface area (Å²) in [5.41, 5.74) is 1.06. The van der Waals surface area contributed by atoms with Gasteiger partial charge in [0.15, 0.2) is 0 Å². The zero-order valence-corrected chi connectivity index (χ0v) is 8.79. The Labute approximate surface area is 84.3 Å². The molecule has 4 nitrogen and oxygen atoms in total. The SMILES string of the molecule is CNc1nc(C)cn1C1CCCOC1. The van der Waals surface area contributed by atoms with Crippen LogP contribution in [0.3, 0.4) is 0 Å². The van der Waals surface area contributed by atoms with E-state index in [9.17, 15) is 0 Å². The average molecular weight is 195 g/mol. The molecule has 78 valence electrons. The molecule has 1 aromatic heterocycles. The fraction of sp³-hybridized carbons (Fsp3) is 0.700. The van der Waals surface area contributed by atoms with Crippen LogP contribution in [0.2, 0.25) is 0 Å². The second kappa shape index (κ2) is 4.00. The van der Waals surface area contributed by atoms with E-state index in [0.29, 0.717) is 6.04 Å². The first-order valence-corrected chi connectivity index (χ1v) is 5.12. The van der Waals surface area contributed by atoms with Crippen molar-refractivity contribution in [3.8, 4) is 0 Å². The number of imidazole rings is 1. The van der Waals surface area contributed by atoms with Gasteiger partial charge < -0.3 is 14.6 Å². The van der Waals surface area contributed by atoms with E-state index in [4.69, 9.17) is 4.74 Å². The fourth-order valence-electron chi connectivity index (χ4n) is 1.92. The molecule has 4 heteroatoms. The Hall–Kier alpha value is -1.03. The highest BCUT2D eigenvalue weighted by atomic mass is 16.5. The minimum absolute atomic E-state index is 0.451. The third-order valence-corrected chi connectivity index (χ3v) is 2.61. The maximum atomic E-state index is 5.47. The van der Waals surface area contributed by atoms with Crippen molar-refractivity contribution in [2.24, 2.45) is 0 Å². The molecule has 1 aliphatic rings. The first kappa shape index (κ1) is 9.52. The monoisotopic (exact) mass is 195 g/mol. The number of rotatable bonds is 2. The van der Waals surface area contributed by atoms with E-state index in [1.165, 1.54) is 6.42 Å².